The molecular formula is C53H76N10O5. The van der Waals surface area contributed by atoms with Crippen molar-refractivity contribution in [3.8, 4) is 17.0 Å². The Bertz CT molecular complexity index is 2170. The number of carbonyl (C=O) groups excluding carboxylic acids is 2. The molecule has 2 aliphatic heterocycles. The molecule has 15 nitrogen and oxygen atoms in total. The number of likely N-dealkylation sites (N-methyl/N-ethyl adjacent to an activating group) is 1. The summed E-state index contributed by atoms with van der Waals surface area (Å²) in [7, 11) is 5.87. The fourth-order valence-electron chi connectivity index (χ4n) is 10.8. The summed E-state index contributed by atoms with van der Waals surface area (Å²) in [6, 6.07) is 20.5. The third-order valence-corrected chi connectivity index (χ3v) is 14.8. The van der Waals surface area contributed by atoms with Crippen LogP contribution < -0.4 is 25.6 Å². The number of benzene rings is 2. The molecule has 68 heavy (non-hydrogen) atoms. The molecule has 2 aliphatic carbocycles. The zero-order valence-electron chi connectivity index (χ0n) is 41.0. The molecule has 0 spiro atoms. The summed E-state index contributed by atoms with van der Waals surface area (Å²) in [4.78, 5) is 43.5. The Morgan fingerprint density at radius 3 is 2.38 bits per heavy atom. The SMILES string of the molecule is CN[C@@H](C)C(=O)N[C@H](C(=O)N1CCC2CCN(CCc3ccc(OCCOCCOC4CCC(Nc5nccc(-c6cnn(Cc7ccccc7)c6N(C)C)n5)CC4)cc3)CC21)C1CCCCC1. The summed E-state index contributed by atoms with van der Waals surface area (Å²) in [5.74, 6) is 3.29. The topological polar surface area (TPSA) is 151 Å². The van der Waals surface area contributed by atoms with Crippen molar-refractivity contribution in [3.05, 3.63) is 84.2 Å². The molecule has 4 aliphatic rings. The Balaban J connectivity index is 0.696. The van der Waals surface area contributed by atoms with Gasteiger partial charge in [0.2, 0.25) is 17.8 Å². The Morgan fingerprint density at radius 1 is 0.853 bits per heavy atom. The molecule has 0 radical (unpaired) electrons. The number of fused-ring (bicyclic) bond motifs is 1. The van der Waals surface area contributed by atoms with Crippen LogP contribution in [0.3, 0.4) is 0 Å². The lowest BCUT2D eigenvalue weighted by Crippen LogP contribution is -2.58. The Labute approximate surface area is 404 Å². The van der Waals surface area contributed by atoms with E-state index in [1.807, 2.05) is 62.4 Å². The Morgan fingerprint density at radius 2 is 1.62 bits per heavy atom. The van der Waals surface area contributed by atoms with Gasteiger partial charge in [-0.2, -0.15) is 5.10 Å². The van der Waals surface area contributed by atoms with E-state index >= 15 is 0 Å². The summed E-state index contributed by atoms with van der Waals surface area (Å²) in [6.07, 6.45) is 16.5. The van der Waals surface area contributed by atoms with E-state index in [4.69, 9.17) is 24.3 Å². The van der Waals surface area contributed by atoms with E-state index in [-0.39, 0.29) is 35.9 Å². The molecule has 2 saturated carbocycles. The lowest BCUT2D eigenvalue weighted by atomic mass is 9.83. The Kier molecular flexibility index (Phi) is 17.7. The second kappa shape index (κ2) is 24.5. The van der Waals surface area contributed by atoms with Crippen LogP contribution in [0.5, 0.6) is 5.75 Å². The number of ether oxygens (including phenoxy) is 3. The highest BCUT2D eigenvalue weighted by molar-refractivity contribution is 5.90. The number of piperidine rings is 1. The van der Waals surface area contributed by atoms with E-state index in [0.29, 0.717) is 50.9 Å². The summed E-state index contributed by atoms with van der Waals surface area (Å²) in [5.41, 5.74) is 4.30. The first kappa shape index (κ1) is 49.3. The molecule has 4 fully saturated rings. The van der Waals surface area contributed by atoms with Crippen LogP contribution >= 0.6 is 0 Å². The molecule has 2 amide bonds. The summed E-state index contributed by atoms with van der Waals surface area (Å²) in [5, 5.41) is 14.5. The second-order valence-corrected chi connectivity index (χ2v) is 19.7. The molecular weight excluding hydrogens is 857 g/mol. The number of amides is 2. The predicted octanol–water partition coefficient (Wildman–Crippen LogP) is 6.43. The standard InChI is InChI=1S/C53H76N10O5/c1-38(54-2)50(64)59-49(42-13-9-6-10-14-42)52(65)62-30-26-41-25-29-61(37-48(41)62)28-24-39-15-19-44(20-16-39)67-33-31-66-32-34-68-45-21-17-43(18-22-45)57-53-55-27-23-47(58-53)46-35-56-63(51(46)60(3)4)36-40-11-7-5-8-12-40/h5,7-8,11-12,15-16,19-20,23,27,35,38,41-43,45,48-49,54H,6,9-10,13-14,17-18,21-22,24-26,28-34,36-37H2,1-4H3,(H,59,64)(H,55,57,58)/t38-,41?,43?,45?,48?,49-/m0/s1. The molecule has 2 aromatic carbocycles. The number of hydrogen-bond acceptors (Lipinski definition) is 12. The monoisotopic (exact) mass is 933 g/mol. The molecule has 2 aromatic heterocycles. The van der Waals surface area contributed by atoms with Crippen LogP contribution in [0.15, 0.2) is 73.1 Å². The van der Waals surface area contributed by atoms with Gasteiger partial charge in [0.15, 0.2) is 0 Å². The van der Waals surface area contributed by atoms with Gasteiger partial charge in [0.25, 0.3) is 0 Å². The zero-order chi connectivity index (χ0) is 47.2. The van der Waals surface area contributed by atoms with E-state index in [2.05, 4.69) is 72.0 Å². The van der Waals surface area contributed by atoms with Gasteiger partial charge in [-0.15, -0.1) is 0 Å². The average molecular weight is 933 g/mol. The summed E-state index contributed by atoms with van der Waals surface area (Å²) >= 11 is 0. The van der Waals surface area contributed by atoms with Crippen LogP contribution in [0.2, 0.25) is 0 Å². The van der Waals surface area contributed by atoms with Crippen molar-refractivity contribution in [2.75, 3.05) is 84.0 Å². The minimum absolute atomic E-state index is 0.0857. The molecule has 4 heterocycles. The minimum Gasteiger partial charge on any atom is -0.491 e. The number of nitrogens with one attached hydrogen (secondary N) is 3. The van der Waals surface area contributed by atoms with Gasteiger partial charge in [0, 0.05) is 52.0 Å². The van der Waals surface area contributed by atoms with Crippen LogP contribution in [0.4, 0.5) is 11.8 Å². The fourth-order valence-corrected chi connectivity index (χ4v) is 10.8. The predicted molar refractivity (Wildman–Crippen MR) is 267 cm³/mol. The number of aromatic nitrogens is 4. The van der Waals surface area contributed by atoms with Gasteiger partial charge in [-0.05, 0) is 119 Å². The molecule has 4 aromatic rings. The lowest BCUT2D eigenvalue weighted by molar-refractivity contribution is -0.140. The highest BCUT2D eigenvalue weighted by Gasteiger charge is 2.44. The van der Waals surface area contributed by atoms with Crippen molar-refractivity contribution in [3.63, 3.8) is 0 Å². The number of rotatable bonds is 22. The number of hydrogen-bond donors (Lipinski definition) is 3. The molecule has 15 heteroatoms. The van der Waals surface area contributed by atoms with Crippen molar-refractivity contribution in [1.29, 1.82) is 0 Å². The lowest BCUT2D eigenvalue weighted by Gasteiger charge is -2.41. The smallest absolute Gasteiger partial charge is 0.245 e. The third kappa shape index (κ3) is 13.2. The zero-order valence-corrected chi connectivity index (χ0v) is 41.0. The van der Waals surface area contributed by atoms with Gasteiger partial charge in [0.1, 0.15) is 24.2 Å². The first-order chi connectivity index (χ1) is 33.2. The maximum Gasteiger partial charge on any atom is 0.245 e. The van der Waals surface area contributed by atoms with E-state index in [1.54, 1.807) is 7.05 Å². The molecule has 0 bridgehead atoms. The maximum atomic E-state index is 14.2. The molecule has 4 atom stereocenters. The first-order valence-corrected chi connectivity index (χ1v) is 25.5. The first-order valence-electron chi connectivity index (χ1n) is 25.5. The normalized spacial score (nSPS) is 22.0. The van der Waals surface area contributed by atoms with E-state index < -0.39 is 6.04 Å². The van der Waals surface area contributed by atoms with Crippen molar-refractivity contribution in [1.82, 2.24) is 40.2 Å². The number of carbonyl (C=O) groups is 2. The van der Waals surface area contributed by atoms with E-state index in [1.165, 1.54) is 17.5 Å². The summed E-state index contributed by atoms with van der Waals surface area (Å²) in [6.45, 7) is 8.34. The van der Waals surface area contributed by atoms with Crippen LogP contribution in [0, 0.1) is 11.8 Å². The molecule has 8 rings (SSSR count). The summed E-state index contributed by atoms with van der Waals surface area (Å²) < 4.78 is 20.1. The number of nitrogens with zero attached hydrogens (tertiary/aromatic N) is 7. The van der Waals surface area contributed by atoms with Gasteiger partial charge >= 0.3 is 0 Å². The van der Waals surface area contributed by atoms with Gasteiger partial charge < -0.3 is 44.9 Å². The van der Waals surface area contributed by atoms with Crippen molar-refractivity contribution in [2.24, 2.45) is 11.8 Å². The quantitative estimate of drug-likeness (QED) is 0.0746. The van der Waals surface area contributed by atoms with Gasteiger partial charge in [-0.25, -0.2) is 14.6 Å². The van der Waals surface area contributed by atoms with E-state index in [9.17, 15) is 9.59 Å². The second-order valence-electron chi connectivity index (χ2n) is 19.7. The molecule has 3 N–H and O–H groups in total. The van der Waals surface area contributed by atoms with Gasteiger partial charge in [0.05, 0.1) is 56.0 Å². The van der Waals surface area contributed by atoms with Crippen molar-refractivity contribution >= 4 is 23.6 Å². The van der Waals surface area contributed by atoms with Crippen LogP contribution in [-0.4, -0.2) is 145 Å². The van der Waals surface area contributed by atoms with Crippen LogP contribution in [0.1, 0.15) is 88.7 Å². The largest absolute Gasteiger partial charge is 0.491 e. The average Bonchev–Trinajstić information content (AvgIpc) is 4.00. The Hall–Kier alpha value is -5.09. The molecule has 2 saturated heterocycles. The third-order valence-electron chi connectivity index (χ3n) is 14.8. The van der Waals surface area contributed by atoms with Crippen LogP contribution in [-0.2, 0) is 32.0 Å². The van der Waals surface area contributed by atoms with E-state index in [0.717, 1.165) is 120 Å². The van der Waals surface area contributed by atoms with Gasteiger partial charge in [-0.3, -0.25) is 9.59 Å². The fraction of sp³-hybridized carbons (Fsp3) is 0.604. The van der Waals surface area contributed by atoms with Gasteiger partial charge in [-0.1, -0.05) is 61.7 Å². The van der Waals surface area contributed by atoms with Crippen molar-refractivity contribution in [2.45, 2.75) is 121 Å². The number of likely N-dealkylation sites (tertiary alicyclic amines) is 2. The number of anilines is 2. The highest BCUT2D eigenvalue weighted by Crippen LogP contribution is 2.35. The van der Waals surface area contributed by atoms with Crippen LogP contribution in [0.25, 0.3) is 11.3 Å². The molecule has 368 valence electrons. The highest BCUT2D eigenvalue weighted by atomic mass is 16.5. The van der Waals surface area contributed by atoms with Crippen molar-refractivity contribution < 1.29 is 23.8 Å². The minimum atomic E-state index is -0.431. The maximum absolute atomic E-state index is 14.2. The molecule has 2 unspecified atom stereocenters.